The number of β-amino-alcohol motifs (C(OH)–C–C–N with tert-alkyl or cyclic N) is 1. The van der Waals surface area contributed by atoms with Gasteiger partial charge in [-0.05, 0) is 63.0 Å². The molecule has 24 heavy (non-hydrogen) atoms. The zero-order valence-electron chi connectivity index (χ0n) is 14.3. The third kappa shape index (κ3) is 4.52. The van der Waals surface area contributed by atoms with Crippen molar-refractivity contribution in [3.8, 4) is 0 Å². The van der Waals surface area contributed by atoms with Crippen LogP contribution >= 0.6 is 0 Å². The molecular formula is C19H28F2N2O. The minimum absolute atomic E-state index is 0.450. The first-order valence-electron chi connectivity index (χ1n) is 9.23. The molecule has 2 atom stereocenters. The Morgan fingerprint density at radius 1 is 1.00 bits per heavy atom. The molecule has 0 amide bonds. The fourth-order valence-electron chi connectivity index (χ4n) is 4.02. The van der Waals surface area contributed by atoms with Crippen LogP contribution in [0.5, 0.6) is 0 Å². The van der Waals surface area contributed by atoms with Crippen molar-refractivity contribution in [1.82, 2.24) is 9.80 Å². The molecule has 2 aliphatic heterocycles. The van der Waals surface area contributed by atoms with Crippen molar-refractivity contribution in [3.05, 3.63) is 35.4 Å². The maximum absolute atomic E-state index is 13.4. The van der Waals surface area contributed by atoms with Crippen molar-refractivity contribution in [2.24, 2.45) is 0 Å². The summed E-state index contributed by atoms with van der Waals surface area (Å²) in [7, 11) is 0. The van der Waals surface area contributed by atoms with Gasteiger partial charge in [0.15, 0.2) is 11.6 Å². The van der Waals surface area contributed by atoms with Gasteiger partial charge in [-0.15, -0.1) is 0 Å². The number of nitrogens with zero attached hydrogens (tertiary/aromatic N) is 2. The average Bonchev–Trinajstić information content (AvgIpc) is 2.87. The smallest absolute Gasteiger partial charge is 0.159 e. The van der Waals surface area contributed by atoms with E-state index in [1.807, 2.05) is 0 Å². The molecule has 3 rings (SSSR count). The second kappa shape index (κ2) is 8.37. The lowest BCUT2D eigenvalue weighted by molar-refractivity contribution is 0.0582. The fourth-order valence-corrected chi connectivity index (χ4v) is 4.02. The molecular weight excluding hydrogens is 310 g/mol. The van der Waals surface area contributed by atoms with Gasteiger partial charge in [-0.1, -0.05) is 18.9 Å². The highest BCUT2D eigenvalue weighted by Crippen LogP contribution is 2.23. The molecule has 0 aliphatic carbocycles. The third-order valence-corrected chi connectivity index (χ3v) is 5.40. The maximum Gasteiger partial charge on any atom is 0.159 e. The van der Waals surface area contributed by atoms with Crippen LogP contribution in [-0.2, 0) is 0 Å². The van der Waals surface area contributed by atoms with Gasteiger partial charge in [0.25, 0.3) is 0 Å². The largest absolute Gasteiger partial charge is 0.387 e. The molecule has 5 heteroatoms. The number of hydrogen-bond donors (Lipinski definition) is 1. The highest BCUT2D eigenvalue weighted by atomic mass is 19.2. The molecule has 2 saturated heterocycles. The number of benzene rings is 1. The van der Waals surface area contributed by atoms with Gasteiger partial charge in [0.05, 0.1) is 6.10 Å². The topological polar surface area (TPSA) is 26.7 Å². The van der Waals surface area contributed by atoms with Crippen molar-refractivity contribution in [3.63, 3.8) is 0 Å². The Balaban J connectivity index is 1.57. The van der Waals surface area contributed by atoms with Gasteiger partial charge in [0.2, 0.25) is 0 Å². The Labute approximate surface area is 143 Å². The van der Waals surface area contributed by atoms with E-state index in [1.165, 1.54) is 51.3 Å². The molecule has 0 aromatic heterocycles. The van der Waals surface area contributed by atoms with E-state index >= 15 is 0 Å². The van der Waals surface area contributed by atoms with Gasteiger partial charge in [-0.25, -0.2) is 8.78 Å². The Bertz CT molecular complexity index is 532. The van der Waals surface area contributed by atoms with E-state index < -0.39 is 17.7 Å². The highest BCUT2D eigenvalue weighted by molar-refractivity contribution is 5.20. The van der Waals surface area contributed by atoms with Crippen molar-refractivity contribution in [2.45, 2.75) is 50.7 Å². The molecule has 1 aromatic carbocycles. The number of aliphatic hydroxyl groups is 1. The number of likely N-dealkylation sites (tertiary alicyclic amines) is 2. The van der Waals surface area contributed by atoms with E-state index in [9.17, 15) is 13.9 Å². The van der Waals surface area contributed by atoms with Crippen LogP contribution in [0.3, 0.4) is 0 Å². The lowest BCUT2D eigenvalue weighted by atomic mass is 10.0. The molecule has 0 bridgehead atoms. The molecule has 134 valence electrons. The van der Waals surface area contributed by atoms with Crippen LogP contribution in [-0.4, -0.2) is 53.7 Å². The molecule has 0 radical (unpaired) electrons. The molecule has 1 aromatic rings. The summed E-state index contributed by atoms with van der Waals surface area (Å²) in [6, 6.07) is 4.23. The Kier molecular flexibility index (Phi) is 6.19. The molecule has 0 saturated carbocycles. The van der Waals surface area contributed by atoms with Gasteiger partial charge in [-0.2, -0.15) is 0 Å². The van der Waals surface area contributed by atoms with Crippen LogP contribution in [0.25, 0.3) is 0 Å². The van der Waals surface area contributed by atoms with Crippen LogP contribution in [0.2, 0.25) is 0 Å². The number of halogens is 2. The predicted molar refractivity (Wildman–Crippen MR) is 90.8 cm³/mol. The second-order valence-corrected chi connectivity index (χ2v) is 7.20. The summed E-state index contributed by atoms with van der Waals surface area (Å²) in [6.45, 7) is 4.77. The standard InChI is InChI=1S/C19H28F2N2O/c20-17-8-7-15(12-18(17)21)19(24)14-22-9-5-6-16(13-22)23-10-3-1-2-4-11-23/h7-8,12,16,19,24H,1-6,9-11,13-14H2. The molecule has 2 unspecified atom stereocenters. The van der Waals surface area contributed by atoms with E-state index in [0.29, 0.717) is 18.2 Å². The Morgan fingerprint density at radius 2 is 1.75 bits per heavy atom. The average molecular weight is 338 g/mol. The number of hydrogen-bond acceptors (Lipinski definition) is 3. The quantitative estimate of drug-likeness (QED) is 0.912. The normalized spacial score (nSPS) is 25.4. The molecule has 2 fully saturated rings. The summed E-state index contributed by atoms with van der Waals surface area (Å²) in [6.07, 6.45) is 6.82. The van der Waals surface area contributed by atoms with Crippen molar-refractivity contribution < 1.29 is 13.9 Å². The van der Waals surface area contributed by atoms with Crippen LogP contribution in [0.4, 0.5) is 8.78 Å². The Morgan fingerprint density at radius 3 is 2.46 bits per heavy atom. The second-order valence-electron chi connectivity index (χ2n) is 7.20. The minimum atomic E-state index is -0.896. The zero-order valence-corrected chi connectivity index (χ0v) is 14.3. The number of aliphatic hydroxyl groups excluding tert-OH is 1. The predicted octanol–water partition coefficient (Wildman–Crippen LogP) is 3.34. The molecule has 1 N–H and O–H groups in total. The van der Waals surface area contributed by atoms with Gasteiger partial charge < -0.3 is 5.11 Å². The molecule has 2 aliphatic rings. The number of piperidine rings is 1. The van der Waals surface area contributed by atoms with E-state index in [4.69, 9.17) is 0 Å². The molecule has 0 spiro atoms. The lowest BCUT2D eigenvalue weighted by Crippen LogP contribution is -2.49. The lowest BCUT2D eigenvalue weighted by Gasteiger charge is -2.39. The molecule has 2 heterocycles. The first-order valence-corrected chi connectivity index (χ1v) is 9.23. The minimum Gasteiger partial charge on any atom is -0.387 e. The van der Waals surface area contributed by atoms with Crippen LogP contribution < -0.4 is 0 Å². The van der Waals surface area contributed by atoms with Crippen LogP contribution in [0.1, 0.15) is 50.2 Å². The van der Waals surface area contributed by atoms with E-state index in [1.54, 1.807) is 0 Å². The highest BCUT2D eigenvalue weighted by Gasteiger charge is 2.27. The first kappa shape index (κ1) is 17.8. The van der Waals surface area contributed by atoms with Crippen molar-refractivity contribution >= 4 is 0 Å². The maximum atomic E-state index is 13.4. The van der Waals surface area contributed by atoms with Crippen molar-refractivity contribution in [2.75, 3.05) is 32.7 Å². The summed E-state index contributed by atoms with van der Waals surface area (Å²) >= 11 is 0. The van der Waals surface area contributed by atoms with Gasteiger partial charge in [0, 0.05) is 19.1 Å². The van der Waals surface area contributed by atoms with E-state index in [0.717, 1.165) is 31.6 Å². The summed E-state index contributed by atoms with van der Waals surface area (Å²) in [5, 5.41) is 10.4. The third-order valence-electron chi connectivity index (χ3n) is 5.40. The SMILES string of the molecule is OC(CN1CCCC(N2CCCCCC2)C1)c1ccc(F)c(F)c1. The van der Waals surface area contributed by atoms with Gasteiger partial charge in [0.1, 0.15) is 0 Å². The Hall–Kier alpha value is -1.04. The van der Waals surface area contributed by atoms with Gasteiger partial charge in [-0.3, -0.25) is 9.80 Å². The van der Waals surface area contributed by atoms with E-state index in [-0.39, 0.29) is 0 Å². The van der Waals surface area contributed by atoms with Crippen molar-refractivity contribution in [1.29, 1.82) is 0 Å². The van der Waals surface area contributed by atoms with Crippen LogP contribution in [0.15, 0.2) is 18.2 Å². The summed E-state index contributed by atoms with van der Waals surface area (Å²) < 4.78 is 26.4. The number of rotatable bonds is 4. The van der Waals surface area contributed by atoms with Gasteiger partial charge >= 0.3 is 0 Å². The van der Waals surface area contributed by atoms with E-state index in [2.05, 4.69) is 9.80 Å². The van der Waals surface area contributed by atoms with Crippen LogP contribution in [0, 0.1) is 11.6 Å². The molecule has 3 nitrogen and oxygen atoms in total. The summed E-state index contributed by atoms with van der Waals surface area (Å²) in [5.41, 5.74) is 0.450. The summed E-state index contributed by atoms with van der Waals surface area (Å²) in [4.78, 5) is 4.88. The first-order chi connectivity index (χ1) is 11.6. The summed E-state index contributed by atoms with van der Waals surface area (Å²) in [5.74, 6) is -1.77. The monoisotopic (exact) mass is 338 g/mol. The zero-order chi connectivity index (χ0) is 16.9. The fraction of sp³-hybridized carbons (Fsp3) is 0.684.